The minimum absolute atomic E-state index is 0.0138. The lowest BCUT2D eigenvalue weighted by atomic mass is 9.93. The van der Waals surface area contributed by atoms with Gasteiger partial charge in [0.05, 0.1) is 18.2 Å². The molecule has 8 nitrogen and oxygen atoms in total. The molecule has 142 valence electrons. The Morgan fingerprint density at radius 2 is 2.00 bits per heavy atom. The zero-order valence-electron chi connectivity index (χ0n) is 15.5. The van der Waals surface area contributed by atoms with Crippen molar-refractivity contribution in [2.45, 2.75) is 26.2 Å². The van der Waals surface area contributed by atoms with Gasteiger partial charge in [0, 0.05) is 51.3 Å². The number of hydrogen-bond acceptors (Lipinski definition) is 7. The maximum absolute atomic E-state index is 13.1. The Hall–Kier alpha value is -2.90. The zero-order chi connectivity index (χ0) is 19.0. The Labute approximate surface area is 157 Å². The number of Topliss-reactive ketones (excluding diaryl/α,β-unsaturated/α-hetero) is 1. The summed E-state index contributed by atoms with van der Waals surface area (Å²) in [7, 11) is 1.57. The van der Waals surface area contributed by atoms with Gasteiger partial charge in [0.15, 0.2) is 5.78 Å². The number of carbonyl (C=O) groups is 2. The number of ether oxygens (including phenoxy) is 1. The van der Waals surface area contributed by atoms with Crippen molar-refractivity contribution < 1.29 is 18.7 Å². The highest BCUT2D eigenvalue weighted by atomic mass is 16.5. The molecule has 1 amide bonds. The van der Waals surface area contributed by atoms with Crippen molar-refractivity contribution in [3.8, 4) is 5.88 Å². The molecule has 0 saturated carbocycles. The van der Waals surface area contributed by atoms with Gasteiger partial charge in [-0.05, 0) is 13.3 Å². The Morgan fingerprint density at radius 1 is 1.22 bits per heavy atom. The molecule has 0 unspecified atom stereocenters. The van der Waals surface area contributed by atoms with Crippen molar-refractivity contribution in [1.82, 2.24) is 14.9 Å². The number of rotatable bonds is 3. The average molecular weight is 370 g/mol. The first-order valence-corrected chi connectivity index (χ1v) is 9.15. The molecule has 0 radical (unpaired) electrons. The maximum Gasteiger partial charge on any atom is 0.258 e. The predicted octanol–water partition coefficient (Wildman–Crippen LogP) is 1.87. The maximum atomic E-state index is 13.1. The summed E-state index contributed by atoms with van der Waals surface area (Å²) in [6, 6.07) is 1.70. The molecule has 1 fully saturated rings. The zero-order valence-corrected chi connectivity index (χ0v) is 15.5. The summed E-state index contributed by atoms with van der Waals surface area (Å²) in [5.41, 5.74) is 0.947. The second-order valence-electron chi connectivity index (χ2n) is 6.79. The van der Waals surface area contributed by atoms with Crippen LogP contribution in [-0.4, -0.2) is 59.8 Å². The summed E-state index contributed by atoms with van der Waals surface area (Å²) in [5, 5.41) is 0. The van der Waals surface area contributed by atoms with Crippen molar-refractivity contribution in [2.75, 3.05) is 38.2 Å². The molecule has 0 N–H and O–H groups in total. The fraction of sp³-hybridized carbons (Fsp3) is 0.474. The average Bonchev–Trinajstić information content (AvgIpc) is 3.05. The van der Waals surface area contributed by atoms with Crippen molar-refractivity contribution in [1.29, 1.82) is 0 Å². The van der Waals surface area contributed by atoms with Crippen LogP contribution >= 0.6 is 0 Å². The number of amides is 1. The lowest BCUT2D eigenvalue weighted by Gasteiger charge is -2.34. The predicted molar refractivity (Wildman–Crippen MR) is 97.4 cm³/mol. The molecule has 0 aromatic carbocycles. The minimum atomic E-state index is -0.126. The van der Waals surface area contributed by atoms with E-state index in [0.717, 1.165) is 12.8 Å². The van der Waals surface area contributed by atoms with E-state index >= 15 is 0 Å². The topological polar surface area (TPSA) is 88.8 Å². The smallest absolute Gasteiger partial charge is 0.258 e. The van der Waals surface area contributed by atoms with Crippen LogP contribution in [0.1, 0.15) is 45.1 Å². The van der Waals surface area contributed by atoms with E-state index in [1.807, 2.05) is 4.90 Å². The molecule has 4 rings (SSSR count). The molecule has 0 atom stereocenters. The lowest BCUT2D eigenvalue weighted by Crippen LogP contribution is -2.49. The first kappa shape index (κ1) is 17.5. The van der Waals surface area contributed by atoms with E-state index in [1.165, 1.54) is 0 Å². The quantitative estimate of drug-likeness (QED) is 0.815. The van der Waals surface area contributed by atoms with Crippen LogP contribution in [0.25, 0.3) is 0 Å². The van der Waals surface area contributed by atoms with E-state index in [1.54, 1.807) is 31.2 Å². The molecular formula is C19H22N4O4. The van der Waals surface area contributed by atoms with Gasteiger partial charge in [-0.2, -0.15) is 4.98 Å². The minimum Gasteiger partial charge on any atom is -0.481 e. The van der Waals surface area contributed by atoms with Crippen LogP contribution in [0.15, 0.2) is 16.7 Å². The van der Waals surface area contributed by atoms with Crippen molar-refractivity contribution >= 4 is 17.6 Å². The van der Waals surface area contributed by atoms with Crippen molar-refractivity contribution in [2.24, 2.45) is 0 Å². The SMILES string of the molecule is COc1ccnc(N2CCN(C(=O)c3c(C)oc4c3C(=O)CCC4)CC2)n1. The van der Waals surface area contributed by atoms with E-state index in [0.29, 0.717) is 67.1 Å². The molecular weight excluding hydrogens is 348 g/mol. The molecule has 2 aromatic rings. The summed E-state index contributed by atoms with van der Waals surface area (Å²) in [6.07, 6.45) is 3.64. The summed E-state index contributed by atoms with van der Waals surface area (Å²) in [5.74, 6) is 2.19. The molecule has 2 aliphatic rings. The molecule has 1 saturated heterocycles. The van der Waals surface area contributed by atoms with Crippen LogP contribution in [-0.2, 0) is 6.42 Å². The number of furan rings is 1. The highest BCUT2D eigenvalue weighted by Gasteiger charge is 2.33. The van der Waals surface area contributed by atoms with E-state index < -0.39 is 0 Å². The van der Waals surface area contributed by atoms with Gasteiger partial charge in [-0.25, -0.2) is 4.98 Å². The van der Waals surface area contributed by atoms with Gasteiger partial charge in [0.2, 0.25) is 11.8 Å². The third kappa shape index (κ3) is 3.15. The number of piperazine rings is 1. The largest absolute Gasteiger partial charge is 0.481 e. The van der Waals surface area contributed by atoms with Crippen LogP contribution in [0.4, 0.5) is 5.95 Å². The highest BCUT2D eigenvalue weighted by Crippen LogP contribution is 2.30. The second kappa shape index (κ2) is 7.02. The fourth-order valence-corrected chi connectivity index (χ4v) is 3.73. The van der Waals surface area contributed by atoms with Gasteiger partial charge in [0.1, 0.15) is 11.5 Å². The van der Waals surface area contributed by atoms with Gasteiger partial charge < -0.3 is 19.0 Å². The lowest BCUT2D eigenvalue weighted by molar-refractivity contribution is 0.0739. The number of carbonyl (C=O) groups excluding carboxylic acids is 2. The van der Waals surface area contributed by atoms with Gasteiger partial charge in [-0.3, -0.25) is 9.59 Å². The normalized spacial score (nSPS) is 17.0. The number of anilines is 1. The van der Waals surface area contributed by atoms with E-state index in [2.05, 4.69) is 9.97 Å². The van der Waals surface area contributed by atoms with Gasteiger partial charge >= 0.3 is 0 Å². The van der Waals surface area contributed by atoms with Crippen LogP contribution in [0.2, 0.25) is 0 Å². The highest BCUT2D eigenvalue weighted by molar-refractivity contribution is 6.10. The van der Waals surface area contributed by atoms with E-state index in [-0.39, 0.29) is 11.7 Å². The van der Waals surface area contributed by atoms with Crippen LogP contribution in [0, 0.1) is 6.92 Å². The molecule has 1 aliphatic carbocycles. The standard InChI is InChI=1S/C19H22N4O4/c1-12-16(17-13(24)4-3-5-14(17)27-12)18(25)22-8-10-23(11-9-22)19-20-7-6-15(21-19)26-2/h6-7H,3-5,8-11H2,1-2H3. The fourth-order valence-electron chi connectivity index (χ4n) is 3.73. The Morgan fingerprint density at radius 3 is 2.74 bits per heavy atom. The molecule has 0 bridgehead atoms. The van der Waals surface area contributed by atoms with E-state index in [9.17, 15) is 9.59 Å². The Balaban J connectivity index is 1.50. The number of aromatic nitrogens is 2. The molecule has 0 spiro atoms. The number of fused-ring (bicyclic) bond motifs is 1. The monoisotopic (exact) mass is 370 g/mol. The van der Waals surface area contributed by atoms with Gasteiger partial charge in [-0.15, -0.1) is 0 Å². The van der Waals surface area contributed by atoms with E-state index in [4.69, 9.17) is 9.15 Å². The van der Waals surface area contributed by atoms with Crippen LogP contribution in [0.5, 0.6) is 5.88 Å². The molecule has 8 heteroatoms. The van der Waals surface area contributed by atoms with Crippen LogP contribution < -0.4 is 9.64 Å². The molecule has 27 heavy (non-hydrogen) atoms. The summed E-state index contributed by atoms with van der Waals surface area (Å²) < 4.78 is 10.9. The summed E-state index contributed by atoms with van der Waals surface area (Å²) in [4.78, 5) is 37.9. The summed E-state index contributed by atoms with van der Waals surface area (Å²) >= 11 is 0. The Bertz CT molecular complexity index is 884. The van der Waals surface area contributed by atoms with Crippen LogP contribution in [0.3, 0.4) is 0 Å². The molecule has 1 aliphatic heterocycles. The summed E-state index contributed by atoms with van der Waals surface area (Å²) in [6.45, 7) is 4.07. The van der Waals surface area contributed by atoms with Crippen molar-refractivity contribution in [3.05, 3.63) is 34.9 Å². The van der Waals surface area contributed by atoms with Crippen molar-refractivity contribution in [3.63, 3.8) is 0 Å². The second-order valence-corrected chi connectivity index (χ2v) is 6.79. The molecule has 2 aromatic heterocycles. The first-order valence-electron chi connectivity index (χ1n) is 9.15. The molecule has 3 heterocycles. The number of aryl methyl sites for hydroxylation is 2. The number of ketones is 1. The number of nitrogens with zero attached hydrogens (tertiary/aromatic N) is 4. The van der Waals surface area contributed by atoms with Gasteiger partial charge in [0.25, 0.3) is 5.91 Å². The Kier molecular flexibility index (Phi) is 4.55. The third-order valence-corrected chi connectivity index (χ3v) is 5.13. The number of hydrogen-bond donors (Lipinski definition) is 0. The first-order chi connectivity index (χ1) is 13.1. The number of methoxy groups -OCH3 is 1. The van der Waals surface area contributed by atoms with Gasteiger partial charge in [-0.1, -0.05) is 0 Å². The third-order valence-electron chi connectivity index (χ3n) is 5.13.